The molecule has 5 atom stereocenters. The van der Waals surface area contributed by atoms with Crippen LogP contribution in [0.25, 0.3) is 0 Å². The van der Waals surface area contributed by atoms with Gasteiger partial charge < -0.3 is 23.7 Å². The second-order valence-corrected chi connectivity index (χ2v) is 10.6. The van der Waals surface area contributed by atoms with Gasteiger partial charge in [-0.2, -0.15) is 48.3 Å². The third-order valence-corrected chi connectivity index (χ3v) is 6.38. The smallest absolute Gasteiger partial charge is 0.434 e. The molecule has 0 aliphatic heterocycles. The van der Waals surface area contributed by atoms with Crippen molar-refractivity contribution in [3.05, 3.63) is 0 Å². The summed E-state index contributed by atoms with van der Waals surface area (Å²) in [4.78, 5) is 62.2. The largest absolute Gasteiger partial charge is 0.469 e. The highest BCUT2D eigenvalue weighted by atomic mass is 19.4. The lowest BCUT2D eigenvalue weighted by Gasteiger charge is -2.37. The van der Waals surface area contributed by atoms with Crippen molar-refractivity contribution in [3.8, 4) is 0 Å². The minimum absolute atomic E-state index is 0.406. The first-order chi connectivity index (χ1) is 22.4. The van der Waals surface area contributed by atoms with E-state index in [-0.39, 0.29) is 0 Å². The second kappa shape index (κ2) is 19.2. The molecule has 294 valence electrons. The van der Waals surface area contributed by atoms with Crippen molar-refractivity contribution in [2.45, 2.75) is 97.0 Å². The maximum Gasteiger partial charge on any atom is 0.434 e. The number of ether oxygens (including phenoxy) is 5. The number of halogens is 13. The Kier molecular flexibility index (Phi) is 18.6. The summed E-state index contributed by atoms with van der Waals surface area (Å²) in [5.74, 6) is -23.3. The van der Waals surface area contributed by atoms with Crippen LogP contribution in [-0.2, 0) is 47.7 Å². The molecule has 0 amide bonds. The predicted octanol–water partition coefficient (Wildman–Crippen LogP) is 6.38. The van der Waals surface area contributed by atoms with Gasteiger partial charge in [0.15, 0.2) is 13.2 Å². The Balaban J connectivity index is 0. The van der Waals surface area contributed by atoms with E-state index < -0.39 is 122 Å². The van der Waals surface area contributed by atoms with Crippen LogP contribution in [-0.4, -0.2) is 92.8 Å². The average Bonchev–Trinajstić information content (AvgIpc) is 2.96. The van der Waals surface area contributed by atoms with Crippen molar-refractivity contribution in [3.63, 3.8) is 0 Å². The van der Waals surface area contributed by atoms with E-state index in [1.54, 1.807) is 0 Å². The Bertz CT molecular complexity index is 1130. The molecule has 0 bridgehead atoms. The molecule has 0 radical (unpaired) electrons. The van der Waals surface area contributed by atoms with Crippen LogP contribution in [0.5, 0.6) is 0 Å². The molecule has 10 nitrogen and oxygen atoms in total. The van der Waals surface area contributed by atoms with Crippen LogP contribution in [0.1, 0.15) is 54.4 Å². The van der Waals surface area contributed by atoms with Crippen molar-refractivity contribution >= 4 is 29.8 Å². The molecule has 0 N–H and O–H groups in total. The molecule has 0 saturated heterocycles. The zero-order valence-corrected chi connectivity index (χ0v) is 27.3. The molecule has 0 aliphatic carbocycles. The molecule has 0 aromatic carbocycles. The van der Waals surface area contributed by atoms with E-state index in [1.807, 2.05) is 13.8 Å². The molecule has 0 fully saturated rings. The summed E-state index contributed by atoms with van der Waals surface area (Å²) in [6.07, 6.45) is -29.5. The number of esters is 5. The summed E-state index contributed by atoms with van der Waals surface area (Å²) >= 11 is 0. The molecule has 0 aromatic rings. The van der Waals surface area contributed by atoms with Crippen LogP contribution >= 0.6 is 0 Å². The van der Waals surface area contributed by atoms with Crippen molar-refractivity contribution < 1.29 is 105 Å². The third kappa shape index (κ3) is 16.4. The van der Waals surface area contributed by atoms with Gasteiger partial charge >= 0.3 is 60.7 Å². The number of carbonyl (C=O) groups excluding carboxylic acids is 5. The van der Waals surface area contributed by atoms with Gasteiger partial charge in [0.05, 0.1) is 30.8 Å². The maximum absolute atomic E-state index is 13.5. The minimum Gasteiger partial charge on any atom is -0.469 e. The van der Waals surface area contributed by atoms with Crippen molar-refractivity contribution in [1.29, 1.82) is 0 Å². The lowest BCUT2D eigenvalue weighted by Crippen LogP contribution is -2.48. The van der Waals surface area contributed by atoms with Crippen LogP contribution in [0.3, 0.4) is 0 Å². The quantitative estimate of drug-likeness (QED) is 0.0992. The number of hydrogen-bond donors (Lipinski definition) is 0. The van der Waals surface area contributed by atoms with Crippen molar-refractivity contribution in [2.24, 2.45) is 23.7 Å². The molecular weight excluding hydrogens is 731 g/mol. The first kappa shape index (κ1) is 48.6. The average molecular weight is 767 g/mol. The summed E-state index contributed by atoms with van der Waals surface area (Å²) in [6, 6.07) is 0. The SMILES string of the molecule is CC.COC(=O)C(C)C(CC(C)(CC(C(=O)OCC(F)(F)C(F)F)C(C)C(=O)OC(C(F)(F)F)C(F)(F)F)OC(C)=O)C(=O)OCC(F)(F)F. The van der Waals surface area contributed by atoms with Gasteiger partial charge in [0.1, 0.15) is 5.60 Å². The minimum atomic E-state index is -6.29. The molecule has 0 aliphatic rings. The van der Waals surface area contributed by atoms with Gasteiger partial charge in [-0.15, -0.1) is 0 Å². The fourth-order valence-electron chi connectivity index (χ4n) is 4.03. The van der Waals surface area contributed by atoms with Crippen LogP contribution in [0.2, 0.25) is 0 Å². The van der Waals surface area contributed by atoms with E-state index in [9.17, 15) is 81.0 Å². The van der Waals surface area contributed by atoms with E-state index in [0.29, 0.717) is 13.8 Å². The fourth-order valence-corrected chi connectivity index (χ4v) is 4.03. The number of hydrogen-bond acceptors (Lipinski definition) is 10. The van der Waals surface area contributed by atoms with Crippen LogP contribution < -0.4 is 0 Å². The van der Waals surface area contributed by atoms with Gasteiger partial charge in [0.2, 0.25) is 0 Å². The molecule has 0 heterocycles. The molecule has 23 heteroatoms. The fraction of sp³-hybridized carbons (Fsp3) is 0.815. The monoisotopic (exact) mass is 766 g/mol. The second-order valence-electron chi connectivity index (χ2n) is 10.6. The summed E-state index contributed by atoms with van der Waals surface area (Å²) < 4.78 is 190. The lowest BCUT2D eigenvalue weighted by molar-refractivity contribution is -0.314. The van der Waals surface area contributed by atoms with E-state index in [4.69, 9.17) is 4.74 Å². The number of methoxy groups -OCH3 is 1. The highest BCUT2D eigenvalue weighted by Crippen LogP contribution is 2.39. The standard InChI is InChI=1S/C25H29F13O10.C2H6/c1-10(15(40)44-5)13(18(43)46-9-23(30,31)32)6-21(4,48-12(3)39)7-14(17(42)45-8-22(28,29)20(26)27)11(2)16(41)47-19(24(33,34)35)25(36,37)38;1-2/h10-11,13-14,19-20H,6-9H2,1-5H3;1-2H3. The summed E-state index contributed by atoms with van der Waals surface area (Å²) in [5.41, 5.74) is -2.56. The van der Waals surface area contributed by atoms with Crippen molar-refractivity contribution in [1.82, 2.24) is 0 Å². The Morgan fingerprint density at radius 1 is 0.640 bits per heavy atom. The van der Waals surface area contributed by atoms with Gasteiger partial charge in [-0.3, -0.25) is 24.0 Å². The lowest BCUT2D eigenvalue weighted by atomic mass is 9.76. The van der Waals surface area contributed by atoms with Gasteiger partial charge in [0.25, 0.3) is 6.10 Å². The first-order valence-corrected chi connectivity index (χ1v) is 14.1. The molecular formula is C27H35F13O10. The normalized spacial score (nSPS) is 16.1. The Labute approximate surface area is 276 Å². The number of alkyl halides is 13. The number of carbonyl (C=O) groups is 5. The highest BCUT2D eigenvalue weighted by molar-refractivity contribution is 5.83. The van der Waals surface area contributed by atoms with Crippen LogP contribution in [0.4, 0.5) is 57.1 Å². The molecule has 0 saturated carbocycles. The highest BCUT2D eigenvalue weighted by Gasteiger charge is 2.60. The van der Waals surface area contributed by atoms with Gasteiger partial charge in [0, 0.05) is 19.8 Å². The number of rotatable bonds is 16. The molecule has 0 rings (SSSR count). The summed E-state index contributed by atoms with van der Waals surface area (Å²) in [7, 11) is 0.770. The summed E-state index contributed by atoms with van der Waals surface area (Å²) in [5, 5.41) is 0. The first-order valence-electron chi connectivity index (χ1n) is 14.1. The van der Waals surface area contributed by atoms with E-state index in [2.05, 4.69) is 18.9 Å². The predicted molar refractivity (Wildman–Crippen MR) is 139 cm³/mol. The van der Waals surface area contributed by atoms with Gasteiger partial charge in [-0.05, 0) is 6.92 Å². The van der Waals surface area contributed by atoms with E-state index in [0.717, 1.165) is 21.0 Å². The van der Waals surface area contributed by atoms with E-state index >= 15 is 0 Å². The zero-order chi connectivity index (χ0) is 40.2. The van der Waals surface area contributed by atoms with Crippen molar-refractivity contribution in [2.75, 3.05) is 20.3 Å². The Hall–Kier alpha value is -3.56. The maximum atomic E-state index is 13.5. The molecule has 0 aromatic heterocycles. The summed E-state index contributed by atoms with van der Waals surface area (Å²) in [6.45, 7) is 2.00. The Morgan fingerprint density at radius 2 is 1.02 bits per heavy atom. The molecule has 50 heavy (non-hydrogen) atoms. The van der Waals surface area contributed by atoms with Crippen LogP contribution in [0.15, 0.2) is 0 Å². The Morgan fingerprint density at radius 3 is 1.34 bits per heavy atom. The topological polar surface area (TPSA) is 132 Å². The molecule has 0 spiro atoms. The van der Waals surface area contributed by atoms with Gasteiger partial charge in [-0.25, -0.2) is 8.78 Å². The zero-order valence-electron chi connectivity index (χ0n) is 27.3. The molecule has 5 unspecified atom stereocenters. The van der Waals surface area contributed by atoms with E-state index in [1.165, 1.54) is 0 Å². The van der Waals surface area contributed by atoms with Crippen LogP contribution in [0, 0.1) is 23.7 Å². The van der Waals surface area contributed by atoms with Gasteiger partial charge in [-0.1, -0.05) is 27.7 Å². The third-order valence-electron chi connectivity index (χ3n) is 6.38.